The first kappa shape index (κ1) is 17.6. The van der Waals surface area contributed by atoms with Gasteiger partial charge in [-0.1, -0.05) is 48.5 Å². The number of aryl methyl sites for hydroxylation is 1. The fourth-order valence-electron chi connectivity index (χ4n) is 2.67. The Morgan fingerprint density at radius 2 is 1.69 bits per heavy atom. The van der Waals surface area contributed by atoms with Gasteiger partial charge in [0, 0.05) is 18.8 Å². The predicted molar refractivity (Wildman–Crippen MR) is 104 cm³/mol. The second-order valence-corrected chi connectivity index (χ2v) is 6.05. The molecule has 0 aliphatic carbocycles. The van der Waals surface area contributed by atoms with Crippen LogP contribution in [0.25, 0.3) is 0 Å². The number of rotatable bonds is 6. The lowest BCUT2D eigenvalue weighted by molar-refractivity contribution is 0.102. The van der Waals surface area contributed by atoms with Gasteiger partial charge < -0.3 is 10.2 Å². The maximum atomic E-state index is 12.4. The molecule has 1 N–H and O–H groups in total. The third-order valence-corrected chi connectivity index (χ3v) is 4.20. The van der Waals surface area contributed by atoms with E-state index in [-0.39, 0.29) is 5.91 Å². The van der Waals surface area contributed by atoms with Crippen molar-refractivity contribution in [2.75, 3.05) is 16.8 Å². The lowest BCUT2D eigenvalue weighted by atomic mass is 10.2. The van der Waals surface area contributed by atoms with Crippen LogP contribution in [-0.2, 0) is 6.54 Å². The lowest BCUT2D eigenvalue weighted by Gasteiger charge is -2.21. The third kappa shape index (κ3) is 4.25. The van der Waals surface area contributed by atoms with E-state index in [9.17, 15) is 4.79 Å². The fraction of sp³-hybridized carbons (Fsp3) is 0.190. The van der Waals surface area contributed by atoms with E-state index in [1.165, 1.54) is 5.56 Å². The van der Waals surface area contributed by atoms with Gasteiger partial charge in [-0.15, -0.1) is 10.2 Å². The Morgan fingerprint density at radius 1 is 0.962 bits per heavy atom. The molecule has 1 heterocycles. The Labute approximate surface area is 153 Å². The van der Waals surface area contributed by atoms with Crippen molar-refractivity contribution in [3.8, 4) is 0 Å². The van der Waals surface area contributed by atoms with Gasteiger partial charge in [0.15, 0.2) is 11.5 Å². The standard InChI is InChI=1S/C21H22N4O/c1-3-25(15-17-10-5-4-6-11-17)20-14-13-19(23-24-20)21(26)22-18-12-8-7-9-16(18)2/h4-14H,3,15H2,1-2H3,(H,22,26). The molecule has 5 nitrogen and oxygen atoms in total. The largest absolute Gasteiger partial charge is 0.351 e. The molecular formula is C21H22N4O. The van der Waals surface area contributed by atoms with Crippen LogP contribution in [0.1, 0.15) is 28.5 Å². The first-order valence-electron chi connectivity index (χ1n) is 8.67. The molecule has 0 saturated heterocycles. The first-order chi connectivity index (χ1) is 12.7. The van der Waals surface area contributed by atoms with Gasteiger partial charge in [-0.05, 0) is 43.2 Å². The van der Waals surface area contributed by atoms with Crippen LogP contribution in [0.15, 0.2) is 66.7 Å². The highest BCUT2D eigenvalue weighted by molar-refractivity contribution is 6.03. The van der Waals surface area contributed by atoms with Gasteiger partial charge in [0.2, 0.25) is 0 Å². The topological polar surface area (TPSA) is 58.1 Å². The maximum absolute atomic E-state index is 12.4. The molecule has 0 bridgehead atoms. The quantitative estimate of drug-likeness (QED) is 0.731. The van der Waals surface area contributed by atoms with Crippen LogP contribution in [0.4, 0.5) is 11.5 Å². The van der Waals surface area contributed by atoms with Gasteiger partial charge in [-0.3, -0.25) is 4.79 Å². The fourth-order valence-corrected chi connectivity index (χ4v) is 2.67. The summed E-state index contributed by atoms with van der Waals surface area (Å²) in [5, 5.41) is 11.2. The lowest BCUT2D eigenvalue weighted by Crippen LogP contribution is -2.24. The summed E-state index contributed by atoms with van der Waals surface area (Å²) < 4.78 is 0. The zero-order chi connectivity index (χ0) is 18.4. The molecule has 0 saturated carbocycles. The molecule has 3 rings (SSSR count). The molecule has 3 aromatic rings. The van der Waals surface area contributed by atoms with Gasteiger partial charge in [0.05, 0.1) is 0 Å². The summed E-state index contributed by atoms with van der Waals surface area (Å²) in [5.41, 5.74) is 3.29. The number of anilines is 2. The van der Waals surface area contributed by atoms with Crippen molar-refractivity contribution in [2.45, 2.75) is 20.4 Å². The van der Waals surface area contributed by atoms with Crippen molar-refractivity contribution in [1.29, 1.82) is 0 Å². The predicted octanol–water partition coefficient (Wildman–Crippen LogP) is 4.06. The molecule has 26 heavy (non-hydrogen) atoms. The minimum absolute atomic E-state index is 0.260. The highest BCUT2D eigenvalue weighted by Gasteiger charge is 2.12. The monoisotopic (exact) mass is 346 g/mol. The summed E-state index contributed by atoms with van der Waals surface area (Å²) in [6.45, 7) is 5.58. The number of para-hydroxylation sites is 1. The molecule has 0 aliphatic heterocycles. The Kier molecular flexibility index (Phi) is 5.59. The summed E-state index contributed by atoms with van der Waals surface area (Å²) in [5.74, 6) is 0.494. The van der Waals surface area contributed by atoms with Crippen molar-refractivity contribution in [1.82, 2.24) is 10.2 Å². The molecule has 0 radical (unpaired) electrons. The van der Waals surface area contributed by atoms with Crippen molar-refractivity contribution >= 4 is 17.4 Å². The van der Waals surface area contributed by atoms with Crippen molar-refractivity contribution in [3.63, 3.8) is 0 Å². The minimum Gasteiger partial charge on any atom is -0.351 e. The zero-order valence-electron chi connectivity index (χ0n) is 15.0. The summed E-state index contributed by atoms with van der Waals surface area (Å²) in [6.07, 6.45) is 0. The van der Waals surface area contributed by atoms with Crippen molar-refractivity contribution < 1.29 is 4.79 Å². The van der Waals surface area contributed by atoms with Crippen LogP contribution < -0.4 is 10.2 Å². The normalized spacial score (nSPS) is 10.4. The number of hydrogen-bond acceptors (Lipinski definition) is 4. The second-order valence-electron chi connectivity index (χ2n) is 6.05. The van der Waals surface area contributed by atoms with Crippen molar-refractivity contribution in [3.05, 3.63) is 83.6 Å². The van der Waals surface area contributed by atoms with Gasteiger partial charge in [-0.2, -0.15) is 0 Å². The number of nitrogens with zero attached hydrogens (tertiary/aromatic N) is 3. The molecular weight excluding hydrogens is 324 g/mol. The van der Waals surface area contributed by atoms with Gasteiger partial charge >= 0.3 is 0 Å². The molecule has 5 heteroatoms. The summed E-state index contributed by atoms with van der Waals surface area (Å²) in [4.78, 5) is 14.5. The Morgan fingerprint density at radius 3 is 2.35 bits per heavy atom. The van der Waals surface area contributed by atoms with Crippen LogP contribution in [0.3, 0.4) is 0 Å². The van der Waals surface area contributed by atoms with Crippen LogP contribution >= 0.6 is 0 Å². The maximum Gasteiger partial charge on any atom is 0.276 e. The van der Waals surface area contributed by atoms with Gasteiger partial charge in [0.1, 0.15) is 0 Å². The number of nitrogens with one attached hydrogen (secondary N) is 1. The Hall–Kier alpha value is -3.21. The number of hydrogen-bond donors (Lipinski definition) is 1. The molecule has 1 amide bonds. The smallest absolute Gasteiger partial charge is 0.276 e. The summed E-state index contributed by atoms with van der Waals surface area (Å²) in [6, 6.07) is 21.4. The molecule has 2 aromatic carbocycles. The van der Waals surface area contributed by atoms with Gasteiger partial charge in [-0.25, -0.2) is 0 Å². The molecule has 0 fully saturated rings. The highest BCUT2D eigenvalue weighted by Crippen LogP contribution is 2.16. The number of carbonyl (C=O) groups excluding carboxylic acids is 1. The van der Waals surface area contributed by atoms with Crippen molar-refractivity contribution in [2.24, 2.45) is 0 Å². The van der Waals surface area contributed by atoms with E-state index in [2.05, 4.69) is 39.5 Å². The van der Waals surface area contributed by atoms with Crippen LogP contribution in [0, 0.1) is 6.92 Å². The van der Waals surface area contributed by atoms with E-state index < -0.39 is 0 Å². The number of aromatic nitrogens is 2. The van der Waals surface area contributed by atoms with E-state index in [1.807, 2.05) is 55.5 Å². The third-order valence-electron chi connectivity index (χ3n) is 4.20. The molecule has 0 atom stereocenters. The van der Waals surface area contributed by atoms with Gasteiger partial charge in [0.25, 0.3) is 5.91 Å². The number of amides is 1. The molecule has 0 spiro atoms. The SMILES string of the molecule is CCN(Cc1ccccc1)c1ccc(C(=O)Nc2ccccc2C)nn1. The van der Waals surface area contributed by atoms with E-state index in [4.69, 9.17) is 0 Å². The molecule has 1 aromatic heterocycles. The minimum atomic E-state index is -0.260. The average Bonchev–Trinajstić information content (AvgIpc) is 2.69. The molecule has 0 aliphatic rings. The Balaban J connectivity index is 1.70. The zero-order valence-corrected chi connectivity index (χ0v) is 15.0. The molecule has 0 unspecified atom stereocenters. The van der Waals surface area contributed by atoms with E-state index in [0.717, 1.165) is 30.2 Å². The Bertz CT molecular complexity index is 863. The summed E-state index contributed by atoms with van der Waals surface area (Å²) >= 11 is 0. The average molecular weight is 346 g/mol. The number of benzene rings is 2. The van der Waals surface area contributed by atoms with E-state index in [1.54, 1.807) is 6.07 Å². The van der Waals surface area contributed by atoms with E-state index in [0.29, 0.717) is 5.69 Å². The van der Waals surface area contributed by atoms with E-state index >= 15 is 0 Å². The number of carbonyl (C=O) groups is 1. The first-order valence-corrected chi connectivity index (χ1v) is 8.67. The molecule has 132 valence electrons. The van der Waals surface area contributed by atoms with Crippen LogP contribution in [-0.4, -0.2) is 22.6 Å². The second kappa shape index (κ2) is 8.25. The summed E-state index contributed by atoms with van der Waals surface area (Å²) in [7, 11) is 0. The van der Waals surface area contributed by atoms with Crippen LogP contribution in [0.2, 0.25) is 0 Å². The highest BCUT2D eigenvalue weighted by atomic mass is 16.1. The van der Waals surface area contributed by atoms with Crippen LogP contribution in [0.5, 0.6) is 0 Å².